The fourth-order valence-corrected chi connectivity index (χ4v) is 3.34. The van der Waals surface area contributed by atoms with Crippen LogP contribution in [-0.4, -0.2) is 85.3 Å². The summed E-state index contributed by atoms with van der Waals surface area (Å²) in [5.41, 5.74) is 9.33. The molecule has 0 unspecified atom stereocenters. The number of nitrogens with zero attached hydrogens (tertiary/aromatic N) is 2. The lowest BCUT2D eigenvalue weighted by Gasteiger charge is -2.27. The summed E-state index contributed by atoms with van der Waals surface area (Å²) < 4.78 is 10.7. The zero-order valence-electron chi connectivity index (χ0n) is 25.4. The monoisotopic (exact) mass is 571 g/mol. The number of hydrogen-bond donors (Lipinski definition) is 5. The molecule has 0 aliphatic rings. The number of ether oxygens (including phenoxy) is 2. The van der Waals surface area contributed by atoms with Crippen LogP contribution in [0.25, 0.3) is 0 Å². The van der Waals surface area contributed by atoms with Gasteiger partial charge in [0.25, 0.3) is 0 Å². The van der Waals surface area contributed by atoms with Gasteiger partial charge < -0.3 is 41.8 Å². The van der Waals surface area contributed by atoms with E-state index in [0.29, 0.717) is 58.4 Å². The first-order valence-corrected chi connectivity index (χ1v) is 14.1. The van der Waals surface area contributed by atoms with Gasteiger partial charge in [-0.3, -0.25) is 14.6 Å². The average Bonchev–Trinajstić information content (AvgIpc) is 2.80. The lowest BCUT2D eigenvalue weighted by molar-refractivity contribution is -0.126. The van der Waals surface area contributed by atoms with Crippen molar-refractivity contribution in [3.8, 4) is 0 Å². The van der Waals surface area contributed by atoms with Crippen molar-refractivity contribution in [2.45, 2.75) is 104 Å². The van der Waals surface area contributed by atoms with Gasteiger partial charge in [0.1, 0.15) is 11.2 Å². The minimum atomic E-state index is -0.628. The summed E-state index contributed by atoms with van der Waals surface area (Å²) in [6.45, 7) is 12.9. The van der Waals surface area contributed by atoms with E-state index in [2.05, 4.69) is 20.9 Å². The normalized spacial score (nSPS) is 11.2. The molecule has 0 spiro atoms. The highest BCUT2D eigenvalue weighted by Crippen LogP contribution is 2.11. The molecule has 0 aliphatic heterocycles. The molecule has 0 aromatic rings. The van der Waals surface area contributed by atoms with Gasteiger partial charge in [0.2, 0.25) is 11.8 Å². The van der Waals surface area contributed by atoms with Crippen LogP contribution in [0.5, 0.6) is 0 Å². The second-order valence-electron chi connectivity index (χ2n) is 11.6. The van der Waals surface area contributed by atoms with Gasteiger partial charge in [-0.05, 0) is 73.6 Å². The largest absolute Gasteiger partial charge is 0.444 e. The summed E-state index contributed by atoms with van der Waals surface area (Å²) in [6.07, 6.45) is 4.69. The second-order valence-corrected chi connectivity index (χ2v) is 11.6. The zero-order valence-corrected chi connectivity index (χ0v) is 25.4. The van der Waals surface area contributed by atoms with E-state index in [9.17, 15) is 19.2 Å². The summed E-state index contributed by atoms with van der Waals surface area (Å²) in [7, 11) is 0. The molecule has 0 aromatic carbocycles. The highest BCUT2D eigenvalue weighted by molar-refractivity contribution is 5.84. The molecular formula is C27H53N7O6. The van der Waals surface area contributed by atoms with Crippen LogP contribution in [0.2, 0.25) is 0 Å². The predicted molar refractivity (Wildman–Crippen MR) is 156 cm³/mol. The van der Waals surface area contributed by atoms with Gasteiger partial charge in [-0.25, -0.2) is 9.59 Å². The molecule has 232 valence electrons. The van der Waals surface area contributed by atoms with Crippen molar-refractivity contribution in [1.82, 2.24) is 20.9 Å². The lowest BCUT2D eigenvalue weighted by atomic mass is 10.1. The maximum atomic E-state index is 12.6. The Labute approximate surface area is 239 Å². The minimum Gasteiger partial charge on any atom is -0.444 e. The topological polar surface area (TPSA) is 190 Å². The van der Waals surface area contributed by atoms with Crippen LogP contribution >= 0.6 is 0 Å². The SMILES string of the molecule is CC(C)(C)OC(=O)NCCCN(CCCCNC(=O)CNC(=O)CCCCCCN=C(N)N)C(=O)OC(C)(C)C. The average molecular weight is 572 g/mol. The number of hydrogen-bond acceptors (Lipinski definition) is 7. The molecule has 40 heavy (non-hydrogen) atoms. The Kier molecular flexibility index (Phi) is 18.1. The molecule has 7 N–H and O–H groups in total. The predicted octanol–water partition coefficient (Wildman–Crippen LogP) is 2.37. The molecule has 0 aliphatic carbocycles. The van der Waals surface area contributed by atoms with Crippen molar-refractivity contribution in [1.29, 1.82) is 0 Å². The highest BCUT2D eigenvalue weighted by atomic mass is 16.6. The van der Waals surface area contributed by atoms with Crippen molar-refractivity contribution >= 4 is 30.0 Å². The van der Waals surface area contributed by atoms with E-state index in [-0.39, 0.29) is 24.3 Å². The van der Waals surface area contributed by atoms with E-state index >= 15 is 0 Å². The van der Waals surface area contributed by atoms with E-state index in [1.54, 1.807) is 46.4 Å². The fourth-order valence-electron chi connectivity index (χ4n) is 3.34. The van der Waals surface area contributed by atoms with Gasteiger partial charge in [-0.15, -0.1) is 0 Å². The molecule has 0 saturated heterocycles. The lowest BCUT2D eigenvalue weighted by Crippen LogP contribution is -2.40. The van der Waals surface area contributed by atoms with Crippen molar-refractivity contribution in [2.24, 2.45) is 16.5 Å². The van der Waals surface area contributed by atoms with Crippen LogP contribution in [0.3, 0.4) is 0 Å². The number of amides is 4. The third-order valence-corrected chi connectivity index (χ3v) is 5.15. The number of alkyl carbamates (subject to hydrolysis) is 1. The van der Waals surface area contributed by atoms with Gasteiger partial charge in [0.05, 0.1) is 6.54 Å². The molecule has 0 bridgehead atoms. The number of aliphatic imine (C=N–C) groups is 1. The van der Waals surface area contributed by atoms with E-state index in [1.165, 1.54) is 0 Å². The molecule has 13 nitrogen and oxygen atoms in total. The van der Waals surface area contributed by atoms with E-state index < -0.39 is 23.4 Å². The number of carbonyl (C=O) groups is 4. The molecule has 13 heteroatoms. The standard InChI is InChI=1S/C27H53N7O6/c1-26(2,3)39-24(37)32-17-13-19-34(25(38)40-27(4,5)6)18-12-11-15-30-22(36)20-33-21(35)14-9-7-8-10-16-31-23(28)29/h7-20H2,1-6H3,(H,30,36)(H,32,37)(H,33,35)(H4,28,29,31). The Morgan fingerprint density at radius 3 is 1.93 bits per heavy atom. The van der Waals surface area contributed by atoms with Crippen LogP contribution in [0, 0.1) is 0 Å². The van der Waals surface area contributed by atoms with Crippen molar-refractivity contribution in [3.63, 3.8) is 0 Å². The first-order valence-electron chi connectivity index (χ1n) is 14.1. The van der Waals surface area contributed by atoms with Gasteiger partial charge >= 0.3 is 12.2 Å². The quantitative estimate of drug-likeness (QED) is 0.0940. The molecule has 0 aromatic heterocycles. The summed E-state index contributed by atoms with van der Waals surface area (Å²) in [6, 6.07) is 0. The summed E-state index contributed by atoms with van der Waals surface area (Å²) in [4.78, 5) is 53.9. The van der Waals surface area contributed by atoms with Crippen molar-refractivity contribution < 1.29 is 28.7 Å². The summed E-state index contributed by atoms with van der Waals surface area (Å²) in [5.74, 6) is -0.335. The number of nitrogens with two attached hydrogens (primary N) is 2. The Balaban J connectivity index is 4.22. The van der Waals surface area contributed by atoms with Gasteiger partial charge in [-0.2, -0.15) is 0 Å². The second kappa shape index (κ2) is 19.8. The Morgan fingerprint density at radius 2 is 1.30 bits per heavy atom. The maximum absolute atomic E-state index is 12.6. The minimum absolute atomic E-state index is 0.0714. The van der Waals surface area contributed by atoms with E-state index in [1.807, 2.05) is 0 Å². The molecule has 4 amide bonds. The van der Waals surface area contributed by atoms with Crippen molar-refractivity contribution in [2.75, 3.05) is 39.3 Å². The molecular weight excluding hydrogens is 518 g/mol. The highest BCUT2D eigenvalue weighted by Gasteiger charge is 2.22. The molecule has 0 rings (SSSR count). The van der Waals surface area contributed by atoms with Crippen molar-refractivity contribution in [3.05, 3.63) is 0 Å². The van der Waals surface area contributed by atoms with Crippen LogP contribution in [0.1, 0.15) is 92.9 Å². The van der Waals surface area contributed by atoms with Gasteiger partial charge in [-0.1, -0.05) is 12.8 Å². The molecule has 0 atom stereocenters. The Bertz CT molecular complexity index is 802. The Morgan fingerprint density at radius 1 is 0.700 bits per heavy atom. The van der Waals surface area contributed by atoms with Crippen LogP contribution in [-0.2, 0) is 19.1 Å². The van der Waals surface area contributed by atoms with Crippen LogP contribution in [0.15, 0.2) is 4.99 Å². The fraction of sp³-hybridized carbons (Fsp3) is 0.815. The molecule has 0 fully saturated rings. The smallest absolute Gasteiger partial charge is 0.410 e. The number of unbranched alkanes of at least 4 members (excludes halogenated alkanes) is 4. The summed E-state index contributed by atoms with van der Waals surface area (Å²) in [5, 5.41) is 8.10. The number of carbonyl (C=O) groups excluding carboxylic acids is 4. The van der Waals surface area contributed by atoms with E-state index in [0.717, 1.165) is 25.7 Å². The van der Waals surface area contributed by atoms with E-state index in [4.69, 9.17) is 20.9 Å². The maximum Gasteiger partial charge on any atom is 0.410 e. The first-order chi connectivity index (χ1) is 18.6. The molecule has 0 radical (unpaired) electrons. The number of guanidine groups is 1. The van der Waals surface area contributed by atoms with Gasteiger partial charge in [0.15, 0.2) is 5.96 Å². The zero-order chi connectivity index (χ0) is 30.6. The van der Waals surface area contributed by atoms with Crippen LogP contribution < -0.4 is 27.4 Å². The number of nitrogens with one attached hydrogen (secondary N) is 3. The summed E-state index contributed by atoms with van der Waals surface area (Å²) >= 11 is 0. The van der Waals surface area contributed by atoms with Gasteiger partial charge in [0, 0.05) is 39.1 Å². The first kappa shape index (κ1) is 36.8. The third-order valence-electron chi connectivity index (χ3n) is 5.15. The molecule has 0 saturated carbocycles. The number of rotatable bonds is 18. The molecule has 0 heterocycles. The third kappa shape index (κ3) is 23.8. The Hall–Kier alpha value is -3.25. The van der Waals surface area contributed by atoms with Crippen LogP contribution in [0.4, 0.5) is 9.59 Å².